The van der Waals surface area contributed by atoms with Crippen molar-refractivity contribution in [2.45, 2.75) is 57.8 Å². The van der Waals surface area contributed by atoms with E-state index in [1.807, 2.05) is 0 Å². The summed E-state index contributed by atoms with van der Waals surface area (Å²) in [4.78, 5) is 2.31. The molecule has 0 radical (unpaired) electrons. The minimum absolute atomic E-state index is 0.242. The summed E-state index contributed by atoms with van der Waals surface area (Å²) in [5, 5.41) is 7.44. The van der Waals surface area contributed by atoms with Crippen molar-refractivity contribution in [3.05, 3.63) is 4.77 Å². The Morgan fingerprint density at radius 1 is 1.21 bits per heavy atom. The molecule has 0 bridgehead atoms. The predicted octanol–water partition coefficient (Wildman–Crippen LogP) is 2.67. The molecule has 0 spiro atoms. The van der Waals surface area contributed by atoms with Gasteiger partial charge in [-0.15, -0.1) is 5.10 Å². The third-order valence-corrected chi connectivity index (χ3v) is 4.37. The van der Waals surface area contributed by atoms with Crippen LogP contribution in [0.4, 0.5) is 5.95 Å². The van der Waals surface area contributed by atoms with E-state index in [0.717, 1.165) is 23.8 Å². The van der Waals surface area contributed by atoms with Crippen LogP contribution in [-0.2, 0) is 4.74 Å². The largest absolute Gasteiger partial charge is 0.372 e. The zero-order chi connectivity index (χ0) is 13.4. The van der Waals surface area contributed by atoms with E-state index < -0.39 is 0 Å². The van der Waals surface area contributed by atoms with Crippen molar-refractivity contribution in [3.63, 3.8) is 0 Å². The van der Waals surface area contributed by atoms with Gasteiger partial charge in [0, 0.05) is 19.1 Å². The van der Waals surface area contributed by atoms with E-state index in [-0.39, 0.29) is 12.2 Å². The van der Waals surface area contributed by atoms with Crippen LogP contribution in [-0.4, -0.2) is 40.1 Å². The minimum atomic E-state index is 0.242. The maximum atomic E-state index is 5.80. The third-order valence-electron chi connectivity index (χ3n) is 4.08. The number of aromatic nitrogens is 3. The molecule has 2 aliphatic rings. The van der Waals surface area contributed by atoms with Gasteiger partial charge in [-0.25, -0.2) is 5.10 Å². The molecular weight excluding hydrogens is 260 g/mol. The lowest BCUT2D eigenvalue weighted by atomic mass is 10.2. The highest BCUT2D eigenvalue weighted by Gasteiger charge is 2.28. The van der Waals surface area contributed by atoms with E-state index in [2.05, 4.69) is 33.5 Å². The molecule has 2 fully saturated rings. The van der Waals surface area contributed by atoms with Crippen LogP contribution in [0, 0.1) is 4.77 Å². The van der Waals surface area contributed by atoms with Gasteiger partial charge < -0.3 is 9.64 Å². The lowest BCUT2D eigenvalue weighted by Gasteiger charge is -2.36. The fraction of sp³-hybridized carbons (Fsp3) is 0.846. The third kappa shape index (κ3) is 2.56. The number of aromatic amines is 1. The van der Waals surface area contributed by atoms with Crippen molar-refractivity contribution in [2.24, 2.45) is 0 Å². The lowest BCUT2D eigenvalue weighted by molar-refractivity contribution is -0.00599. The van der Waals surface area contributed by atoms with Crippen molar-refractivity contribution in [1.82, 2.24) is 14.8 Å². The molecule has 0 unspecified atom stereocenters. The van der Waals surface area contributed by atoms with Crippen LogP contribution in [0.1, 0.15) is 45.6 Å². The molecule has 3 rings (SSSR count). The predicted molar refractivity (Wildman–Crippen MR) is 77.1 cm³/mol. The Balaban J connectivity index is 1.90. The van der Waals surface area contributed by atoms with E-state index in [9.17, 15) is 0 Å². The van der Waals surface area contributed by atoms with Crippen molar-refractivity contribution in [2.75, 3.05) is 18.0 Å². The quantitative estimate of drug-likeness (QED) is 0.847. The molecule has 1 saturated carbocycles. The Hall–Kier alpha value is -0.880. The first-order valence-electron chi connectivity index (χ1n) is 7.22. The fourth-order valence-corrected chi connectivity index (χ4v) is 3.63. The van der Waals surface area contributed by atoms with Gasteiger partial charge in [0.1, 0.15) is 0 Å². The van der Waals surface area contributed by atoms with Crippen molar-refractivity contribution >= 4 is 18.2 Å². The monoisotopic (exact) mass is 282 g/mol. The second-order valence-electron chi connectivity index (χ2n) is 5.80. The molecule has 1 N–H and O–H groups in total. The van der Waals surface area contributed by atoms with Crippen LogP contribution in [0.2, 0.25) is 0 Å². The average molecular weight is 282 g/mol. The number of rotatable bonds is 2. The molecule has 19 heavy (non-hydrogen) atoms. The van der Waals surface area contributed by atoms with Gasteiger partial charge in [0.05, 0.1) is 12.2 Å². The summed E-state index contributed by atoms with van der Waals surface area (Å²) in [6.45, 7) is 6.00. The smallest absolute Gasteiger partial charge is 0.226 e. The summed E-state index contributed by atoms with van der Waals surface area (Å²) < 4.78 is 8.78. The highest BCUT2D eigenvalue weighted by atomic mass is 32.1. The van der Waals surface area contributed by atoms with Crippen molar-refractivity contribution in [1.29, 1.82) is 0 Å². The van der Waals surface area contributed by atoms with Crippen LogP contribution >= 0.6 is 12.2 Å². The van der Waals surface area contributed by atoms with E-state index in [0.29, 0.717) is 6.04 Å². The Bertz CT molecular complexity index is 481. The number of nitrogens with zero attached hydrogens (tertiary/aromatic N) is 3. The van der Waals surface area contributed by atoms with Gasteiger partial charge in [-0.1, -0.05) is 12.8 Å². The maximum Gasteiger partial charge on any atom is 0.226 e. The van der Waals surface area contributed by atoms with E-state index in [4.69, 9.17) is 17.0 Å². The van der Waals surface area contributed by atoms with Crippen LogP contribution in [0.3, 0.4) is 0 Å². The summed E-state index contributed by atoms with van der Waals surface area (Å²) in [7, 11) is 0. The van der Waals surface area contributed by atoms with Gasteiger partial charge in [-0.3, -0.25) is 4.57 Å². The van der Waals surface area contributed by atoms with E-state index >= 15 is 0 Å². The summed E-state index contributed by atoms with van der Waals surface area (Å²) in [6, 6.07) is 0.523. The standard InChI is InChI=1S/C13H22N4OS/c1-9-7-16(8-10(2)18-9)12-14-15-13(19)17(12)11-5-3-4-6-11/h9-11H,3-8H2,1-2H3,(H,15,19)/t9-,10+. The molecule has 1 aromatic heterocycles. The molecule has 5 nitrogen and oxygen atoms in total. The first-order valence-corrected chi connectivity index (χ1v) is 7.63. The molecule has 0 aromatic carbocycles. The van der Waals surface area contributed by atoms with Crippen LogP contribution in [0.25, 0.3) is 0 Å². The van der Waals surface area contributed by atoms with Crippen molar-refractivity contribution < 1.29 is 4.74 Å². The lowest BCUT2D eigenvalue weighted by Crippen LogP contribution is -2.46. The Morgan fingerprint density at radius 3 is 2.47 bits per heavy atom. The van der Waals surface area contributed by atoms with Crippen LogP contribution in [0.5, 0.6) is 0 Å². The molecule has 106 valence electrons. The zero-order valence-corrected chi connectivity index (χ0v) is 12.4. The van der Waals surface area contributed by atoms with Gasteiger partial charge in [0.15, 0.2) is 4.77 Å². The molecule has 1 aromatic rings. The second kappa shape index (κ2) is 5.25. The van der Waals surface area contributed by atoms with Gasteiger partial charge >= 0.3 is 0 Å². The van der Waals surface area contributed by atoms with Gasteiger partial charge in [-0.2, -0.15) is 0 Å². The second-order valence-corrected chi connectivity index (χ2v) is 6.19. The summed E-state index contributed by atoms with van der Waals surface area (Å²) in [6.07, 6.45) is 5.52. The summed E-state index contributed by atoms with van der Waals surface area (Å²) in [5.41, 5.74) is 0. The SMILES string of the molecule is C[C@@H]1CN(c2n[nH]c(=S)n2C2CCCC2)C[C@H](C)O1. The summed E-state index contributed by atoms with van der Waals surface area (Å²) >= 11 is 5.42. The Kier molecular flexibility index (Phi) is 3.62. The molecule has 2 atom stereocenters. The molecular formula is C13H22N4OS. The number of hydrogen-bond acceptors (Lipinski definition) is 4. The maximum absolute atomic E-state index is 5.80. The first-order chi connectivity index (χ1) is 9.15. The van der Waals surface area contributed by atoms with Crippen molar-refractivity contribution in [3.8, 4) is 0 Å². The molecule has 1 aliphatic heterocycles. The number of anilines is 1. The normalized spacial score (nSPS) is 29.1. The highest BCUT2D eigenvalue weighted by molar-refractivity contribution is 7.71. The number of morpholine rings is 1. The zero-order valence-electron chi connectivity index (χ0n) is 11.6. The van der Waals surface area contributed by atoms with Crippen LogP contribution in [0.15, 0.2) is 0 Å². The van der Waals surface area contributed by atoms with E-state index in [1.54, 1.807) is 0 Å². The van der Waals surface area contributed by atoms with Crippen LogP contribution < -0.4 is 4.90 Å². The first kappa shape index (κ1) is 13.1. The van der Waals surface area contributed by atoms with Gasteiger partial charge in [0.2, 0.25) is 5.95 Å². The number of ether oxygens (including phenoxy) is 1. The minimum Gasteiger partial charge on any atom is -0.372 e. The van der Waals surface area contributed by atoms with Gasteiger partial charge in [-0.05, 0) is 38.9 Å². The average Bonchev–Trinajstić information content (AvgIpc) is 2.96. The van der Waals surface area contributed by atoms with Gasteiger partial charge in [0.25, 0.3) is 0 Å². The highest BCUT2D eigenvalue weighted by Crippen LogP contribution is 2.33. The Morgan fingerprint density at radius 2 is 1.84 bits per heavy atom. The number of H-pyrrole nitrogens is 1. The molecule has 0 amide bonds. The summed E-state index contributed by atoms with van der Waals surface area (Å²) in [5.74, 6) is 0.999. The molecule has 1 saturated heterocycles. The molecule has 1 aliphatic carbocycles. The van der Waals surface area contributed by atoms with E-state index in [1.165, 1.54) is 25.7 Å². The number of nitrogens with one attached hydrogen (secondary N) is 1. The molecule has 6 heteroatoms. The number of hydrogen-bond donors (Lipinski definition) is 1. The molecule has 2 heterocycles. The fourth-order valence-electron chi connectivity index (χ4n) is 3.35. The Labute approximate surface area is 118 Å². The topological polar surface area (TPSA) is 46.1 Å².